The molecule has 1 aliphatic rings. The van der Waals surface area contributed by atoms with Gasteiger partial charge in [-0.2, -0.15) is 0 Å². The van der Waals surface area contributed by atoms with Crippen LogP contribution in [0.5, 0.6) is 0 Å². The molecule has 0 aliphatic carbocycles. The molecule has 0 radical (unpaired) electrons. The van der Waals surface area contributed by atoms with Gasteiger partial charge in [-0.3, -0.25) is 4.90 Å². The summed E-state index contributed by atoms with van der Waals surface area (Å²) < 4.78 is 0. The van der Waals surface area contributed by atoms with E-state index in [0.29, 0.717) is 6.04 Å². The van der Waals surface area contributed by atoms with Crippen LogP contribution in [0.2, 0.25) is 0 Å². The van der Waals surface area contributed by atoms with Crippen molar-refractivity contribution in [2.45, 2.75) is 38.6 Å². The van der Waals surface area contributed by atoms with E-state index >= 15 is 0 Å². The summed E-state index contributed by atoms with van der Waals surface area (Å²) in [6, 6.07) is 4.83. The van der Waals surface area contributed by atoms with Gasteiger partial charge in [-0.05, 0) is 38.4 Å². The summed E-state index contributed by atoms with van der Waals surface area (Å²) >= 11 is 0. The number of nitrogens with one attached hydrogen (secondary N) is 1. The molecule has 17 heavy (non-hydrogen) atoms. The Hall–Kier alpha value is -1.09. The van der Waals surface area contributed by atoms with E-state index in [0.717, 1.165) is 5.82 Å². The van der Waals surface area contributed by atoms with Crippen LogP contribution >= 0.6 is 0 Å². The highest BCUT2D eigenvalue weighted by Crippen LogP contribution is 2.33. The van der Waals surface area contributed by atoms with Crippen LogP contribution < -0.4 is 5.32 Å². The normalized spacial score (nSPS) is 21.4. The number of hydrogen-bond acceptors (Lipinski definition) is 3. The predicted octanol–water partition coefficient (Wildman–Crippen LogP) is 3.06. The molecule has 1 aliphatic heterocycles. The smallest absolute Gasteiger partial charge is 0.130 e. The third-order valence-corrected chi connectivity index (χ3v) is 3.56. The number of aromatic nitrogens is 1. The highest BCUT2D eigenvalue weighted by atomic mass is 15.2. The zero-order chi connectivity index (χ0) is 12.1. The van der Waals surface area contributed by atoms with Gasteiger partial charge in [0.05, 0.1) is 0 Å². The molecule has 0 unspecified atom stereocenters. The van der Waals surface area contributed by atoms with Crippen molar-refractivity contribution >= 4 is 5.82 Å². The average Bonchev–Trinajstić information content (AvgIpc) is 2.40. The maximum Gasteiger partial charge on any atom is 0.130 e. The largest absolute Gasteiger partial charge is 0.373 e. The summed E-state index contributed by atoms with van der Waals surface area (Å²) in [6.07, 6.45) is 7.03. The standard InChI is InChI=1S/C14H23N3/c1-3-10-17-11-5-4-8-13(17)12-7-6-9-16-14(12)15-2/h6-7,9,13H,3-5,8,10-11H2,1-2H3,(H,15,16)/t13-/m1/s1. The zero-order valence-corrected chi connectivity index (χ0v) is 10.9. The highest BCUT2D eigenvalue weighted by Gasteiger charge is 2.25. The quantitative estimate of drug-likeness (QED) is 0.866. The molecule has 0 aromatic carbocycles. The van der Waals surface area contributed by atoms with Gasteiger partial charge in [0.25, 0.3) is 0 Å². The predicted molar refractivity (Wildman–Crippen MR) is 72.2 cm³/mol. The second kappa shape index (κ2) is 6.01. The molecule has 1 aromatic heterocycles. The summed E-state index contributed by atoms with van der Waals surface area (Å²) in [4.78, 5) is 7.04. The molecule has 0 amide bonds. The third kappa shape index (κ3) is 2.78. The van der Waals surface area contributed by atoms with Crippen molar-refractivity contribution in [2.75, 3.05) is 25.5 Å². The number of pyridine rings is 1. The second-order valence-electron chi connectivity index (χ2n) is 4.74. The number of hydrogen-bond donors (Lipinski definition) is 1. The molecule has 3 nitrogen and oxygen atoms in total. The van der Waals surface area contributed by atoms with Crippen molar-refractivity contribution in [3.8, 4) is 0 Å². The van der Waals surface area contributed by atoms with Gasteiger partial charge in [-0.15, -0.1) is 0 Å². The minimum Gasteiger partial charge on any atom is -0.373 e. The minimum absolute atomic E-state index is 0.555. The van der Waals surface area contributed by atoms with Crippen LogP contribution in [-0.2, 0) is 0 Å². The summed E-state index contributed by atoms with van der Waals surface area (Å²) in [5, 5.41) is 3.22. The Morgan fingerprint density at radius 3 is 3.12 bits per heavy atom. The van der Waals surface area contributed by atoms with Gasteiger partial charge in [-0.25, -0.2) is 4.98 Å². The number of rotatable bonds is 4. The lowest BCUT2D eigenvalue weighted by molar-refractivity contribution is 0.149. The fourth-order valence-corrected chi connectivity index (χ4v) is 2.79. The first-order chi connectivity index (χ1) is 8.36. The Bertz CT molecular complexity index is 349. The third-order valence-electron chi connectivity index (χ3n) is 3.56. The topological polar surface area (TPSA) is 28.2 Å². The Morgan fingerprint density at radius 1 is 1.47 bits per heavy atom. The first-order valence-corrected chi connectivity index (χ1v) is 6.73. The van der Waals surface area contributed by atoms with E-state index in [2.05, 4.69) is 34.3 Å². The monoisotopic (exact) mass is 233 g/mol. The van der Waals surface area contributed by atoms with Crippen molar-refractivity contribution in [1.82, 2.24) is 9.88 Å². The van der Waals surface area contributed by atoms with E-state index in [1.807, 2.05) is 13.2 Å². The van der Waals surface area contributed by atoms with E-state index in [-0.39, 0.29) is 0 Å². The summed E-state index contributed by atoms with van der Waals surface area (Å²) in [6.45, 7) is 4.69. The molecule has 1 aromatic rings. The first kappa shape index (κ1) is 12.4. The maximum atomic E-state index is 4.43. The number of piperidine rings is 1. The van der Waals surface area contributed by atoms with Crippen molar-refractivity contribution in [3.05, 3.63) is 23.9 Å². The number of likely N-dealkylation sites (tertiary alicyclic amines) is 1. The van der Waals surface area contributed by atoms with Crippen LogP contribution in [0.4, 0.5) is 5.82 Å². The Balaban J connectivity index is 2.22. The fourth-order valence-electron chi connectivity index (χ4n) is 2.79. The summed E-state index contributed by atoms with van der Waals surface area (Å²) in [5.41, 5.74) is 1.36. The lowest BCUT2D eigenvalue weighted by Gasteiger charge is -2.36. The van der Waals surface area contributed by atoms with Gasteiger partial charge in [0, 0.05) is 24.8 Å². The molecular weight excluding hydrogens is 210 g/mol. The van der Waals surface area contributed by atoms with Gasteiger partial charge in [0.1, 0.15) is 5.82 Å². The van der Waals surface area contributed by atoms with Crippen LogP contribution in [0, 0.1) is 0 Å². The minimum atomic E-state index is 0.555. The Labute approximate surface area is 104 Å². The van der Waals surface area contributed by atoms with E-state index < -0.39 is 0 Å². The van der Waals surface area contributed by atoms with E-state index in [4.69, 9.17) is 0 Å². The van der Waals surface area contributed by atoms with Crippen LogP contribution in [0.1, 0.15) is 44.2 Å². The molecule has 1 N–H and O–H groups in total. The molecule has 2 heterocycles. The van der Waals surface area contributed by atoms with Crippen molar-refractivity contribution < 1.29 is 0 Å². The molecule has 1 atom stereocenters. The van der Waals surface area contributed by atoms with Crippen molar-refractivity contribution in [1.29, 1.82) is 0 Å². The van der Waals surface area contributed by atoms with E-state index in [1.165, 1.54) is 44.3 Å². The lowest BCUT2D eigenvalue weighted by atomic mass is 9.95. The zero-order valence-electron chi connectivity index (χ0n) is 10.9. The molecular formula is C14H23N3. The van der Waals surface area contributed by atoms with E-state index in [9.17, 15) is 0 Å². The van der Waals surface area contributed by atoms with Crippen LogP contribution in [0.3, 0.4) is 0 Å². The molecule has 94 valence electrons. The van der Waals surface area contributed by atoms with E-state index in [1.54, 1.807) is 0 Å². The molecule has 0 bridgehead atoms. The first-order valence-electron chi connectivity index (χ1n) is 6.73. The SMILES string of the molecule is CCCN1CCCC[C@@H]1c1cccnc1NC. The van der Waals surface area contributed by atoms with Crippen LogP contribution in [-0.4, -0.2) is 30.0 Å². The number of nitrogens with zero attached hydrogens (tertiary/aromatic N) is 2. The molecule has 2 rings (SSSR count). The Kier molecular flexibility index (Phi) is 4.37. The molecule has 0 spiro atoms. The van der Waals surface area contributed by atoms with Gasteiger partial charge >= 0.3 is 0 Å². The molecule has 1 saturated heterocycles. The fraction of sp³-hybridized carbons (Fsp3) is 0.643. The van der Waals surface area contributed by atoms with Crippen LogP contribution in [0.25, 0.3) is 0 Å². The van der Waals surface area contributed by atoms with Gasteiger partial charge < -0.3 is 5.32 Å². The summed E-state index contributed by atoms with van der Waals surface area (Å²) in [5.74, 6) is 1.04. The van der Waals surface area contributed by atoms with Gasteiger partial charge in [0.15, 0.2) is 0 Å². The maximum absolute atomic E-state index is 4.43. The second-order valence-corrected chi connectivity index (χ2v) is 4.74. The highest BCUT2D eigenvalue weighted by molar-refractivity contribution is 5.45. The van der Waals surface area contributed by atoms with Gasteiger partial charge in [-0.1, -0.05) is 19.4 Å². The van der Waals surface area contributed by atoms with Crippen LogP contribution in [0.15, 0.2) is 18.3 Å². The number of anilines is 1. The molecule has 0 saturated carbocycles. The summed E-state index contributed by atoms with van der Waals surface area (Å²) in [7, 11) is 1.96. The average molecular weight is 233 g/mol. The van der Waals surface area contributed by atoms with Crippen molar-refractivity contribution in [3.63, 3.8) is 0 Å². The molecule has 3 heteroatoms. The Morgan fingerprint density at radius 2 is 2.35 bits per heavy atom. The van der Waals surface area contributed by atoms with Gasteiger partial charge in [0.2, 0.25) is 0 Å². The molecule has 1 fully saturated rings. The van der Waals surface area contributed by atoms with Crippen molar-refractivity contribution in [2.24, 2.45) is 0 Å². The lowest BCUT2D eigenvalue weighted by Crippen LogP contribution is -2.34.